The Bertz CT molecular complexity index is 848. The summed E-state index contributed by atoms with van der Waals surface area (Å²) in [6.07, 6.45) is 3.57. The molecule has 30 heavy (non-hydrogen) atoms. The molecule has 0 saturated carbocycles. The van der Waals surface area contributed by atoms with Gasteiger partial charge in [0.25, 0.3) is 0 Å². The zero-order valence-electron chi connectivity index (χ0n) is 17.1. The summed E-state index contributed by atoms with van der Waals surface area (Å²) in [5.41, 5.74) is 2.59. The molecular weight excluding hydrogens is 420 g/mol. The molecule has 0 radical (unpaired) electrons. The minimum atomic E-state index is -0.717. The van der Waals surface area contributed by atoms with Crippen LogP contribution in [0.15, 0.2) is 24.3 Å². The maximum Gasteiger partial charge on any atom is 0.324 e. The van der Waals surface area contributed by atoms with Crippen LogP contribution in [0.2, 0.25) is 0 Å². The predicted molar refractivity (Wildman–Crippen MR) is 119 cm³/mol. The number of ketones is 2. The second kappa shape index (κ2) is 9.02. The molecule has 0 amide bonds. The molecule has 0 spiro atoms. The van der Waals surface area contributed by atoms with Crippen LogP contribution in [0.5, 0.6) is 0 Å². The molecule has 2 aliphatic heterocycles. The minimum Gasteiger partial charge on any atom is -0.468 e. The van der Waals surface area contributed by atoms with E-state index in [1.165, 1.54) is 18.2 Å². The van der Waals surface area contributed by atoms with Crippen LogP contribution < -0.4 is 0 Å². The van der Waals surface area contributed by atoms with E-state index in [0.717, 1.165) is 12.8 Å². The summed E-state index contributed by atoms with van der Waals surface area (Å²) in [4.78, 5) is 39.0. The largest absolute Gasteiger partial charge is 0.468 e. The van der Waals surface area contributed by atoms with Gasteiger partial charge in [-0.05, 0) is 42.7 Å². The Morgan fingerprint density at radius 1 is 1.00 bits per heavy atom. The summed E-state index contributed by atoms with van der Waals surface area (Å²) in [7, 11) is 1.32. The number of carbonyl (C=O) groups is 3. The Balaban J connectivity index is 1.49. The average Bonchev–Trinajstić information content (AvgIpc) is 3.44. The van der Waals surface area contributed by atoms with Crippen LogP contribution in [-0.4, -0.2) is 58.4 Å². The van der Waals surface area contributed by atoms with Gasteiger partial charge in [-0.25, -0.2) is 8.61 Å². The number of nitrogens with zero attached hydrogens (tertiary/aromatic N) is 2. The van der Waals surface area contributed by atoms with Crippen LogP contribution >= 0.6 is 25.6 Å². The van der Waals surface area contributed by atoms with E-state index >= 15 is 0 Å². The number of methoxy groups -OCH3 is 1. The second-order valence-corrected chi connectivity index (χ2v) is 9.56. The molecule has 6 nitrogen and oxygen atoms in total. The summed E-state index contributed by atoms with van der Waals surface area (Å²) in [6, 6.07) is 6.99. The fourth-order valence-electron chi connectivity index (χ4n) is 5.41. The first-order valence-electron chi connectivity index (χ1n) is 10.6. The highest BCUT2D eigenvalue weighted by molar-refractivity contribution is 7.78. The van der Waals surface area contributed by atoms with Crippen LogP contribution in [0.25, 0.3) is 0 Å². The number of rotatable bonds is 6. The molecule has 3 aliphatic rings. The molecule has 1 aromatic rings. The minimum absolute atomic E-state index is 0.0976. The maximum absolute atomic E-state index is 13.5. The molecule has 1 aromatic carbocycles. The van der Waals surface area contributed by atoms with E-state index in [1.807, 2.05) is 12.1 Å². The molecule has 2 fully saturated rings. The van der Waals surface area contributed by atoms with Crippen molar-refractivity contribution in [3.63, 3.8) is 0 Å². The number of carbonyl (C=O) groups excluding carboxylic acids is 3. The van der Waals surface area contributed by atoms with E-state index in [-0.39, 0.29) is 23.4 Å². The molecule has 2 heterocycles. The van der Waals surface area contributed by atoms with Crippen LogP contribution in [0, 0.1) is 11.8 Å². The Morgan fingerprint density at radius 2 is 1.67 bits per heavy atom. The molecule has 0 bridgehead atoms. The summed E-state index contributed by atoms with van der Waals surface area (Å²) in [5.74, 6) is -1.12. The number of aryl methyl sites for hydroxylation is 1. The summed E-state index contributed by atoms with van der Waals surface area (Å²) >= 11 is 8.85. The number of esters is 1. The SMILES string of the molecule is COC(=O)[C@@H]1C(C(=O)[C@H]2C(C(=O)CC3CCc4ccccc43)CCN2S)CCN1S. The summed E-state index contributed by atoms with van der Waals surface area (Å²) < 4.78 is 8.14. The normalized spacial score (nSPS) is 31.6. The van der Waals surface area contributed by atoms with Gasteiger partial charge in [0, 0.05) is 31.3 Å². The molecule has 0 N–H and O–H groups in total. The smallest absolute Gasteiger partial charge is 0.324 e. The zero-order chi connectivity index (χ0) is 21.4. The molecule has 0 aromatic heterocycles. The van der Waals surface area contributed by atoms with Gasteiger partial charge in [-0.15, -0.1) is 0 Å². The third-order valence-electron chi connectivity index (χ3n) is 6.96. The highest BCUT2D eigenvalue weighted by atomic mass is 32.1. The lowest BCUT2D eigenvalue weighted by atomic mass is 9.81. The first-order valence-corrected chi connectivity index (χ1v) is 11.4. The van der Waals surface area contributed by atoms with Crippen LogP contribution in [-0.2, 0) is 25.5 Å². The van der Waals surface area contributed by atoms with Gasteiger partial charge in [0.1, 0.15) is 11.8 Å². The van der Waals surface area contributed by atoms with E-state index in [9.17, 15) is 14.4 Å². The molecule has 8 heteroatoms. The highest BCUT2D eigenvalue weighted by Crippen LogP contribution is 2.39. The van der Waals surface area contributed by atoms with E-state index in [0.29, 0.717) is 32.4 Å². The monoisotopic (exact) mass is 448 g/mol. The number of fused-ring (bicyclic) bond motifs is 1. The predicted octanol–water partition coefficient (Wildman–Crippen LogP) is 2.49. The van der Waals surface area contributed by atoms with Crippen molar-refractivity contribution in [2.75, 3.05) is 20.2 Å². The number of thiol groups is 2. The number of ether oxygens (including phenoxy) is 1. The lowest BCUT2D eigenvalue weighted by Gasteiger charge is -2.28. The Morgan fingerprint density at radius 3 is 2.40 bits per heavy atom. The van der Waals surface area contributed by atoms with Crippen molar-refractivity contribution in [2.45, 2.75) is 50.1 Å². The first kappa shape index (κ1) is 21.9. The van der Waals surface area contributed by atoms with Crippen molar-refractivity contribution >= 4 is 43.2 Å². The number of hydrogen-bond donors (Lipinski definition) is 2. The molecule has 162 valence electrons. The van der Waals surface area contributed by atoms with Crippen molar-refractivity contribution in [3.8, 4) is 0 Å². The maximum atomic E-state index is 13.5. The summed E-state index contributed by atoms with van der Waals surface area (Å²) in [5, 5.41) is 0. The Kier molecular flexibility index (Phi) is 6.58. The van der Waals surface area contributed by atoms with Crippen molar-refractivity contribution in [3.05, 3.63) is 35.4 Å². The van der Waals surface area contributed by atoms with E-state index in [1.54, 1.807) is 8.61 Å². The second-order valence-electron chi connectivity index (χ2n) is 8.54. The van der Waals surface area contributed by atoms with Gasteiger partial charge in [0.15, 0.2) is 5.78 Å². The lowest BCUT2D eigenvalue weighted by molar-refractivity contribution is -0.148. The van der Waals surface area contributed by atoms with Crippen molar-refractivity contribution in [1.82, 2.24) is 8.61 Å². The van der Waals surface area contributed by atoms with E-state index < -0.39 is 24.0 Å². The molecular formula is C22H28N2O4S2. The first-order chi connectivity index (χ1) is 14.4. The van der Waals surface area contributed by atoms with Crippen molar-refractivity contribution < 1.29 is 19.1 Å². The molecule has 5 atom stereocenters. The highest BCUT2D eigenvalue weighted by Gasteiger charge is 2.50. The molecule has 1 aliphatic carbocycles. The van der Waals surface area contributed by atoms with Gasteiger partial charge in [0.05, 0.1) is 13.2 Å². The fraction of sp³-hybridized carbons (Fsp3) is 0.591. The molecule has 3 unspecified atom stereocenters. The van der Waals surface area contributed by atoms with Crippen LogP contribution in [0.3, 0.4) is 0 Å². The van der Waals surface area contributed by atoms with Crippen molar-refractivity contribution in [2.24, 2.45) is 11.8 Å². The van der Waals surface area contributed by atoms with Gasteiger partial charge in [-0.2, -0.15) is 0 Å². The quantitative estimate of drug-likeness (QED) is 0.515. The molecule has 2 saturated heterocycles. The number of benzene rings is 1. The van der Waals surface area contributed by atoms with Gasteiger partial charge < -0.3 is 4.74 Å². The van der Waals surface area contributed by atoms with Crippen molar-refractivity contribution in [1.29, 1.82) is 0 Å². The van der Waals surface area contributed by atoms with Crippen LogP contribution in [0.4, 0.5) is 0 Å². The third kappa shape index (κ3) is 3.95. The Hall–Kier alpha value is -1.35. The standard InChI is InChI=1S/C22H28N2O4S2/c1-28-22(27)20-17(9-11-24(20)30)21(26)19-16(8-10-23(19)29)18(25)12-14-7-6-13-4-2-3-5-15(13)14/h2-5,14,16-17,19-20,29-30H,6-12H2,1H3/t14?,16?,17?,19-,20+/m1/s1. The zero-order valence-corrected chi connectivity index (χ0v) is 18.9. The van der Waals surface area contributed by atoms with Crippen LogP contribution in [0.1, 0.15) is 42.7 Å². The molecule has 4 rings (SSSR count). The summed E-state index contributed by atoms with van der Waals surface area (Å²) in [6.45, 7) is 1.10. The third-order valence-corrected chi connectivity index (χ3v) is 7.86. The van der Waals surface area contributed by atoms with E-state index in [4.69, 9.17) is 4.74 Å². The van der Waals surface area contributed by atoms with Gasteiger partial charge in [-0.3, -0.25) is 14.4 Å². The topological polar surface area (TPSA) is 66.9 Å². The van der Waals surface area contributed by atoms with E-state index in [2.05, 4.69) is 37.8 Å². The number of hydrogen-bond acceptors (Lipinski definition) is 8. The van der Waals surface area contributed by atoms with Gasteiger partial charge >= 0.3 is 5.97 Å². The average molecular weight is 449 g/mol. The lowest BCUT2D eigenvalue weighted by Crippen LogP contribution is -2.47. The van der Waals surface area contributed by atoms with Gasteiger partial charge in [-0.1, -0.05) is 49.9 Å². The number of Topliss-reactive ketones (excluding diaryl/α,β-unsaturated/α-hetero) is 2. The van der Waals surface area contributed by atoms with Gasteiger partial charge in [0.2, 0.25) is 0 Å². The fourth-order valence-corrected chi connectivity index (χ4v) is 6.17. The Labute approximate surface area is 188 Å².